The lowest BCUT2D eigenvalue weighted by atomic mass is 10.2. The Hall–Kier alpha value is -1.74. The quantitative estimate of drug-likeness (QED) is 0.692. The topological polar surface area (TPSA) is 59.8 Å². The molecular weight excluding hydrogens is 387 g/mol. The smallest absolute Gasteiger partial charge is 0.256 e. The molecule has 3 aromatic rings. The Bertz CT molecular complexity index is 738. The number of rotatable bonds is 3. The van der Waals surface area contributed by atoms with E-state index in [1.807, 2.05) is 35.7 Å². The lowest BCUT2D eigenvalue weighted by Gasteiger charge is -2.06. The standard InChI is InChI=1S/C13H9IN4OS/c14-12-4-9(6-20-12)13(19)17-10-2-1-3-11(5-10)18-7-15-16-8-18/h1-8H,(H,17,19). The fourth-order valence-corrected chi connectivity index (χ4v) is 3.04. The second-order valence-electron chi connectivity index (χ2n) is 4.01. The molecule has 5 nitrogen and oxygen atoms in total. The largest absolute Gasteiger partial charge is 0.322 e. The van der Waals surface area contributed by atoms with E-state index in [4.69, 9.17) is 0 Å². The summed E-state index contributed by atoms with van der Waals surface area (Å²) in [5.41, 5.74) is 2.31. The molecule has 0 spiro atoms. The van der Waals surface area contributed by atoms with Crippen LogP contribution in [0.4, 0.5) is 5.69 Å². The van der Waals surface area contributed by atoms with Gasteiger partial charge in [-0.05, 0) is 46.9 Å². The molecule has 0 bridgehead atoms. The molecule has 3 rings (SSSR count). The molecule has 2 heterocycles. The van der Waals surface area contributed by atoms with Gasteiger partial charge in [0.25, 0.3) is 5.91 Å². The Morgan fingerprint density at radius 2 is 2.05 bits per heavy atom. The van der Waals surface area contributed by atoms with E-state index >= 15 is 0 Å². The molecule has 0 saturated carbocycles. The molecule has 1 N–H and O–H groups in total. The molecule has 7 heteroatoms. The molecule has 0 aliphatic carbocycles. The van der Waals surface area contributed by atoms with Crippen LogP contribution in [0, 0.1) is 2.88 Å². The van der Waals surface area contributed by atoms with Crippen LogP contribution in [-0.2, 0) is 0 Å². The van der Waals surface area contributed by atoms with Gasteiger partial charge in [0, 0.05) is 11.1 Å². The molecule has 100 valence electrons. The van der Waals surface area contributed by atoms with Crippen molar-refractivity contribution in [3.63, 3.8) is 0 Å². The van der Waals surface area contributed by atoms with E-state index in [0.717, 1.165) is 14.3 Å². The van der Waals surface area contributed by atoms with E-state index in [2.05, 4.69) is 38.1 Å². The first-order valence-electron chi connectivity index (χ1n) is 5.73. The summed E-state index contributed by atoms with van der Waals surface area (Å²) in [6.45, 7) is 0. The van der Waals surface area contributed by atoms with Crippen molar-refractivity contribution in [3.8, 4) is 5.69 Å². The summed E-state index contributed by atoms with van der Waals surface area (Å²) in [4.78, 5) is 12.1. The maximum atomic E-state index is 12.1. The minimum Gasteiger partial charge on any atom is -0.322 e. The summed E-state index contributed by atoms with van der Waals surface area (Å²) < 4.78 is 2.87. The van der Waals surface area contributed by atoms with Gasteiger partial charge in [0.05, 0.1) is 14.1 Å². The molecule has 2 aromatic heterocycles. The van der Waals surface area contributed by atoms with Crippen molar-refractivity contribution in [2.75, 3.05) is 5.32 Å². The lowest BCUT2D eigenvalue weighted by molar-refractivity contribution is 0.102. The van der Waals surface area contributed by atoms with E-state index in [0.29, 0.717) is 5.56 Å². The highest BCUT2D eigenvalue weighted by atomic mass is 127. The Kier molecular flexibility index (Phi) is 3.79. The molecule has 0 aliphatic rings. The number of carbonyl (C=O) groups is 1. The molecule has 0 radical (unpaired) electrons. The van der Waals surface area contributed by atoms with Crippen molar-refractivity contribution in [2.45, 2.75) is 0 Å². The van der Waals surface area contributed by atoms with Crippen LogP contribution in [0.2, 0.25) is 0 Å². The predicted octanol–water partition coefficient (Wildman–Crippen LogP) is 3.19. The Morgan fingerprint density at radius 3 is 2.75 bits per heavy atom. The third-order valence-corrected chi connectivity index (χ3v) is 4.44. The van der Waals surface area contributed by atoms with Gasteiger partial charge in [0.15, 0.2) is 0 Å². The first-order chi connectivity index (χ1) is 9.72. The Balaban J connectivity index is 1.81. The molecule has 0 fully saturated rings. The second-order valence-corrected chi connectivity index (χ2v) is 6.82. The number of hydrogen-bond donors (Lipinski definition) is 1. The number of nitrogens with one attached hydrogen (secondary N) is 1. The SMILES string of the molecule is O=C(Nc1cccc(-n2cnnc2)c1)c1csc(I)c1. The average Bonchev–Trinajstić information content (AvgIpc) is 3.10. The molecule has 0 aliphatic heterocycles. The van der Waals surface area contributed by atoms with Crippen LogP contribution in [0.1, 0.15) is 10.4 Å². The van der Waals surface area contributed by atoms with Crippen molar-refractivity contribution >= 4 is 45.5 Å². The fourth-order valence-electron chi connectivity index (χ4n) is 1.71. The molecule has 0 unspecified atom stereocenters. The van der Waals surface area contributed by atoms with Crippen molar-refractivity contribution in [1.82, 2.24) is 14.8 Å². The number of aromatic nitrogens is 3. The zero-order valence-electron chi connectivity index (χ0n) is 10.2. The van der Waals surface area contributed by atoms with Crippen molar-refractivity contribution in [3.05, 3.63) is 56.8 Å². The van der Waals surface area contributed by atoms with Crippen LogP contribution in [0.3, 0.4) is 0 Å². The maximum absolute atomic E-state index is 12.1. The van der Waals surface area contributed by atoms with E-state index in [-0.39, 0.29) is 5.91 Å². The Labute approximate surface area is 132 Å². The Morgan fingerprint density at radius 1 is 1.25 bits per heavy atom. The number of amides is 1. The zero-order chi connectivity index (χ0) is 13.9. The average molecular weight is 396 g/mol. The van der Waals surface area contributed by atoms with Gasteiger partial charge >= 0.3 is 0 Å². The summed E-state index contributed by atoms with van der Waals surface area (Å²) in [5.74, 6) is -0.106. The molecule has 1 aromatic carbocycles. The minimum atomic E-state index is -0.106. The number of nitrogens with zero attached hydrogens (tertiary/aromatic N) is 3. The maximum Gasteiger partial charge on any atom is 0.256 e. The van der Waals surface area contributed by atoms with E-state index in [9.17, 15) is 4.79 Å². The van der Waals surface area contributed by atoms with Gasteiger partial charge < -0.3 is 5.32 Å². The molecule has 0 saturated heterocycles. The number of thiophene rings is 1. The first kappa shape index (κ1) is 13.3. The van der Waals surface area contributed by atoms with Crippen LogP contribution >= 0.6 is 33.9 Å². The number of hydrogen-bond acceptors (Lipinski definition) is 4. The van der Waals surface area contributed by atoms with Gasteiger partial charge in [0.1, 0.15) is 12.7 Å². The number of benzene rings is 1. The number of anilines is 1. The molecule has 1 amide bonds. The van der Waals surface area contributed by atoms with Gasteiger partial charge in [-0.1, -0.05) is 6.07 Å². The van der Waals surface area contributed by atoms with Gasteiger partial charge in [-0.2, -0.15) is 0 Å². The minimum absolute atomic E-state index is 0.106. The van der Waals surface area contributed by atoms with E-state index in [1.165, 1.54) is 0 Å². The normalized spacial score (nSPS) is 10.4. The highest BCUT2D eigenvalue weighted by Crippen LogP contribution is 2.19. The zero-order valence-corrected chi connectivity index (χ0v) is 13.1. The highest BCUT2D eigenvalue weighted by Gasteiger charge is 2.08. The number of halogens is 1. The summed E-state index contributed by atoms with van der Waals surface area (Å²) in [5, 5.41) is 12.3. The van der Waals surface area contributed by atoms with E-state index in [1.54, 1.807) is 28.6 Å². The monoisotopic (exact) mass is 396 g/mol. The first-order valence-corrected chi connectivity index (χ1v) is 7.69. The van der Waals surface area contributed by atoms with E-state index < -0.39 is 0 Å². The van der Waals surface area contributed by atoms with Crippen molar-refractivity contribution in [2.24, 2.45) is 0 Å². The van der Waals surface area contributed by atoms with Gasteiger partial charge in [-0.25, -0.2) is 0 Å². The van der Waals surface area contributed by atoms with Crippen LogP contribution in [0.5, 0.6) is 0 Å². The molecular formula is C13H9IN4OS. The van der Waals surface area contributed by atoms with Gasteiger partial charge in [-0.3, -0.25) is 9.36 Å². The van der Waals surface area contributed by atoms with Gasteiger partial charge in [0.2, 0.25) is 0 Å². The van der Waals surface area contributed by atoms with Crippen LogP contribution in [-0.4, -0.2) is 20.7 Å². The summed E-state index contributed by atoms with van der Waals surface area (Å²) in [6.07, 6.45) is 3.23. The summed E-state index contributed by atoms with van der Waals surface area (Å²) in [7, 11) is 0. The van der Waals surface area contributed by atoms with Crippen LogP contribution < -0.4 is 5.32 Å². The second kappa shape index (κ2) is 5.71. The third-order valence-electron chi connectivity index (χ3n) is 2.65. The lowest BCUT2D eigenvalue weighted by Crippen LogP contribution is -2.11. The third kappa shape index (κ3) is 2.88. The molecule has 0 atom stereocenters. The predicted molar refractivity (Wildman–Crippen MR) is 86.3 cm³/mol. The van der Waals surface area contributed by atoms with Gasteiger partial charge in [-0.15, -0.1) is 21.5 Å². The summed E-state index contributed by atoms with van der Waals surface area (Å²) in [6, 6.07) is 9.39. The fraction of sp³-hybridized carbons (Fsp3) is 0. The van der Waals surface area contributed by atoms with Crippen LogP contribution in [0.15, 0.2) is 48.4 Å². The van der Waals surface area contributed by atoms with Crippen molar-refractivity contribution < 1.29 is 4.79 Å². The van der Waals surface area contributed by atoms with Crippen molar-refractivity contribution in [1.29, 1.82) is 0 Å². The molecule has 20 heavy (non-hydrogen) atoms. The number of carbonyl (C=O) groups excluding carboxylic acids is 1. The van der Waals surface area contributed by atoms with Crippen LogP contribution in [0.25, 0.3) is 5.69 Å². The summed E-state index contributed by atoms with van der Waals surface area (Å²) >= 11 is 3.75. The highest BCUT2D eigenvalue weighted by molar-refractivity contribution is 14.1.